The number of hydrogen-bond acceptors (Lipinski definition) is 2. The molecular weight excluding hydrogens is 585 g/mol. The van der Waals surface area contributed by atoms with Crippen LogP contribution in [-0.2, 0) is 0 Å². The molecule has 0 radical (unpaired) electrons. The van der Waals surface area contributed by atoms with Gasteiger partial charge in [-0.15, -0.1) is 0 Å². The second-order valence-electron chi connectivity index (χ2n) is 12.3. The van der Waals surface area contributed by atoms with E-state index < -0.39 is 0 Å². The van der Waals surface area contributed by atoms with E-state index in [1.807, 2.05) is 36.4 Å². The highest BCUT2D eigenvalue weighted by Crippen LogP contribution is 2.43. The van der Waals surface area contributed by atoms with Crippen molar-refractivity contribution in [3.05, 3.63) is 157 Å². The summed E-state index contributed by atoms with van der Waals surface area (Å²) in [5.41, 5.74) is 6.19. The van der Waals surface area contributed by atoms with Crippen LogP contribution in [0.3, 0.4) is 0 Å². The van der Waals surface area contributed by atoms with Gasteiger partial charge in [-0.05, 0) is 57.3 Å². The first-order chi connectivity index (χ1) is 23.8. The Morgan fingerprint density at radius 3 is 1.56 bits per heavy atom. The number of benzene rings is 8. The molecule has 10 aromatic rings. The number of fused-ring (bicyclic) bond motifs is 12. The van der Waals surface area contributed by atoms with Crippen molar-refractivity contribution >= 4 is 75.9 Å². The molecule has 0 spiro atoms. The van der Waals surface area contributed by atoms with Crippen LogP contribution in [-0.4, -0.2) is 9.13 Å². The van der Waals surface area contributed by atoms with Crippen LogP contribution in [0.1, 0.15) is 11.1 Å². The lowest BCUT2D eigenvalue weighted by Gasteiger charge is -2.18. The average molecular weight is 609 g/mol. The summed E-state index contributed by atoms with van der Waals surface area (Å²) in [5, 5.41) is 33.1. The van der Waals surface area contributed by atoms with E-state index in [1.54, 1.807) is 0 Å². The first-order valence-electron chi connectivity index (χ1n) is 16.0. The summed E-state index contributed by atoms with van der Waals surface area (Å²) >= 11 is 0. The number of nitriles is 2. The summed E-state index contributed by atoms with van der Waals surface area (Å²) in [6.07, 6.45) is 0. The third kappa shape index (κ3) is 3.41. The largest absolute Gasteiger partial charge is 0.308 e. The monoisotopic (exact) mass is 608 g/mol. The van der Waals surface area contributed by atoms with Crippen LogP contribution in [0, 0.1) is 22.7 Å². The summed E-state index contributed by atoms with van der Waals surface area (Å²) in [7, 11) is 0. The Balaban J connectivity index is 1.42. The minimum atomic E-state index is 0.447. The van der Waals surface area contributed by atoms with Crippen LogP contribution in [0.15, 0.2) is 146 Å². The lowest BCUT2D eigenvalue weighted by Crippen LogP contribution is -2.06. The number of rotatable bonds is 2. The average Bonchev–Trinajstić information content (AvgIpc) is 3.68. The van der Waals surface area contributed by atoms with E-state index >= 15 is 0 Å². The van der Waals surface area contributed by atoms with Crippen molar-refractivity contribution in [1.82, 2.24) is 9.13 Å². The van der Waals surface area contributed by atoms with Crippen molar-refractivity contribution in [2.75, 3.05) is 0 Å². The molecule has 0 aliphatic heterocycles. The van der Waals surface area contributed by atoms with Crippen molar-refractivity contribution in [2.45, 2.75) is 0 Å². The molecule has 0 N–H and O–H groups in total. The number of para-hydroxylation sites is 1. The third-order valence-electron chi connectivity index (χ3n) is 9.96. The fourth-order valence-electron chi connectivity index (χ4n) is 7.97. The van der Waals surface area contributed by atoms with Crippen LogP contribution >= 0.6 is 0 Å². The van der Waals surface area contributed by atoms with E-state index in [4.69, 9.17) is 0 Å². The molecule has 8 aromatic carbocycles. The zero-order chi connectivity index (χ0) is 31.9. The minimum Gasteiger partial charge on any atom is -0.308 e. The molecule has 4 heteroatoms. The lowest BCUT2D eigenvalue weighted by atomic mass is 10.00. The predicted octanol–water partition coefficient (Wildman–Crippen LogP) is 11.1. The van der Waals surface area contributed by atoms with Gasteiger partial charge in [-0.2, -0.15) is 10.5 Å². The summed E-state index contributed by atoms with van der Waals surface area (Å²) in [4.78, 5) is 0. The van der Waals surface area contributed by atoms with Gasteiger partial charge in [0.25, 0.3) is 0 Å². The van der Waals surface area contributed by atoms with Gasteiger partial charge in [-0.25, -0.2) is 0 Å². The van der Waals surface area contributed by atoms with E-state index in [2.05, 4.69) is 130 Å². The summed E-state index contributed by atoms with van der Waals surface area (Å²) in [6.45, 7) is 0. The molecule has 0 saturated heterocycles. The van der Waals surface area contributed by atoms with E-state index in [-0.39, 0.29) is 0 Å². The Labute approximate surface area is 275 Å². The quantitative estimate of drug-likeness (QED) is 0.196. The van der Waals surface area contributed by atoms with Gasteiger partial charge in [0.2, 0.25) is 0 Å². The van der Waals surface area contributed by atoms with Crippen molar-refractivity contribution in [3.8, 4) is 23.5 Å². The molecule has 0 amide bonds. The molecule has 2 heterocycles. The molecule has 0 unspecified atom stereocenters. The fraction of sp³-hybridized carbons (Fsp3) is 0. The van der Waals surface area contributed by atoms with E-state index in [0.29, 0.717) is 16.8 Å². The first-order valence-corrected chi connectivity index (χ1v) is 16.0. The van der Waals surface area contributed by atoms with E-state index in [9.17, 15) is 10.5 Å². The third-order valence-corrected chi connectivity index (χ3v) is 9.96. The normalized spacial score (nSPS) is 11.7. The van der Waals surface area contributed by atoms with Gasteiger partial charge >= 0.3 is 0 Å². The Kier molecular flexibility index (Phi) is 5.38. The van der Waals surface area contributed by atoms with Gasteiger partial charge in [0, 0.05) is 26.9 Å². The summed E-state index contributed by atoms with van der Waals surface area (Å²) in [6, 6.07) is 55.4. The summed E-state index contributed by atoms with van der Waals surface area (Å²) in [5.74, 6) is 0. The smallest absolute Gasteiger partial charge is 0.104 e. The Morgan fingerprint density at radius 2 is 0.938 bits per heavy atom. The zero-order valence-electron chi connectivity index (χ0n) is 25.6. The van der Waals surface area contributed by atoms with Gasteiger partial charge in [-0.1, -0.05) is 115 Å². The van der Waals surface area contributed by atoms with Gasteiger partial charge in [-0.3, -0.25) is 0 Å². The van der Waals surface area contributed by atoms with E-state index in [1.165, 1.54) is 0 Å². The van der Waals surface area contributed by atoms with Crippen molar-refractivity contribution in [3.63, 3.8) is 0 Å². The highest BCUT2D eigenvalue weighted by molar-refractivity contribution is 6.28. The van der Waals surface area contributed by atoms with E-state index in [0.717, 1.165) is 81.6 Å². The fourth-order valence-corrected chi connectivity index (χ4v) is 7.97. The molecule has 0 bridgehead atoms. The molecular formula is C44H24N4. The molecule has 0 aliphatic carbocycles. The van der Waals surface area contributed by atoms with Gasteiger partial charge in [0.05, 0.1) is 39.0 Å². The Morgan fingerprint density at radius 1 is 0.396 bits per heavy atom. The molecule has 4 nitrogen and oxygen atoms in total. The SMILES string of the molecule is N#Cc1ccc(-n2c3ccc4ccccc4c3c3c4ccccc4ccc32)c(C#N)c1-n1c2ccccc2c2ccc3ccccc3c21. The molecule has 0 fully saturated rings. The van der Waals surface area contributed by atoms with Crippen LogP contribution in [0.2, 0.25) is 0 Å². The number of aromatic nitrogens is 2. The molecule has 2 aromatic heterocycles. The second-order valence-corrected chi connectivity index (χ2v) is 12.3. The van der Waals surface area contributed by atoms with Crippen LogP contribution in [0.5, 0.6) is 0 Å². The maximum absolute atomic E-state index is 11.2. The van der Waals surface area contributed by atoms with Crippen molar-refractivity contribution in [2.24, 2.45) is 0 Å². The molecule has 48 heavy (non-hydrogen) atoms. The lowest BCUT2D eigenvalue weighted by molar-refractivity contribution is 1.11. The molecule has 0 atom stereocenters. The number of nitrogens with zero attached hydrogens (tertiary/aromatic N) is 4. The van der Waals surface area contributed by atoms with Gasteiger partial charge in [0.15, 0.2) is 0 Å². The summed E-state index contributed by atoms with van der Waals surface area (Å²) < 4.78 is 4.37. The Hall–Kier alpha value is -6.88. The highest BCUT2D eigenvalue weighted by Gasteiger charge is 2.25. The molecule has 0 saturated carbocycles. The topological polar surface area (TPSA) is 57.4 Å². The van der Waals surface area contributed by atoms with Crippen molar-refractivity contribution in [1.29, 1.82) is 10.5 Å². The predicted molar refractivity (Wildman–Crippen MR) is 197 cm³/mol. The maximum atomic E-state index is 11.2. The van der Waals surface area contributed by atoms with Gasteiger partial charge < -0.3 is 9.13 Å². The maximum Gasteiger partial charge on any atom is 0.104 e. The molecule has 0 aliphatic rings. The Bertz CT molecular complexity index is 3000. The minimum absolute atomic E-state index is 0.447. The number of hydrogen-bond donors (Lipinski definition) is 0. The van der Waals surface area contributed by atoms with Crippen LogP contribution < -0.4 is 0 Å². The van der Waals surface area contributed by atoms with Crippen molar-refractivity contribution < 1.29 is 0 Å². The molecule has 10 rings (SSSR count). The highest BCUT2D eigenvalue weighted by atomic mass is 15.0. The second kappa shape index (κ2) is 9.81. The van der Waals surface area contributed by atoms with Gasteiger partial charge in [0.1, 0.15) is 17.7 Å². The van der Waals surface area contributed by atoms with Crippen LogP contribution in [0.4, 0.5) is 0 Å². The standard InChI is InChI=1S/C44H24N4/c45-25-30-20-22-38(36(26-46)43(30)48-37-16-8-7-15-34(37)35-21-17-29-11-3-6-14-33(29)44(35)48)47-39-23-18-27-9-1-4-12-31(27)41(39)42-32-13-5-2-10-28(32)19-24-40(42)47/h1-24H. The zero-order valence-corrected chi connectivity index (χ0v) is 25.6. The first kappa shape index (κ1) is 26.3. The molecule has 220 valence electrons. The van der Waals surface area contributed by atoms with Crippen LogP contribution in [0.25, 0.3) is 87.3 Å².